The number of nitrogens with one attached hydrogen (secondary N) is 1. The van der Waals surface area contributed by atoms with Gasteiger partial charge in [0.15, 0.2) is 0 Å². The van der Waals surface area contributed by atoms with Crippen LogP contribution in [0.25, 0.3) is 11.4 Å². The minimum Gasteiger partial charge on any atom is -0.384 e. The van der Waals surface area contributed by atoms with Crippen LogP contribution in [0.1, 0.15) is 6.92 Å². The average Bonchev–Trinajstić information content (AvgIpc) is 2.57. The van der Waals surface area contributed by atoms with Crippen molar-refractivity contribution in [2.75, 3.05) is 38.9 Å². The van der Waals surface area contributed by atoms with Gasteiger partial charge in [0.2, 0.25) is 15.0 Å². The van der Waals surface area contributed by atoms with Crippen molar-refractivity contribution >= 4 is 21.5 Å². The molecule has 10 heteroatoms. The summed E-state index contributed by atoms with van der Waals surface area (Å²) in [5, 5.41) is 0.336. The van der Waals surface area contributed by atoms with E-state index in [1.807, 2.05) is 6.92 Å². The Bertz CT molecular complexity index is 828. The average molecular weight is 368 g/mol. The summed E-state index contributed by atoms with van der Waals surface area (Å²) in [6, 6.07) is 6.78. The molecule has 3 N–H and O–H groups in total. The number of quaternary nitrogens is 1. The fourth-order valence-electron chi connectivity index (χ4n) is 2.12. The van der Waals surface area contributed by atoms with Crippen molar-refractivity contribution in [3.05, 3.63) is 24.3 Å². The molecule has 0 aromatic carbocycles. The third-order valence-electron chi connectivity index (χ3n) is 3.28. The molecule has 2 aromatic heterocycles. The van der Waals surface area contributed by atoms with Crippen LogP contribution in [0.2, 0.25) is 0 Å². The Balaban J connectivity index is 2.36. The number of rotatable bonds is 8. The van der Waals surface area contributed by atoms with Gasteiger partial charge >= 0.3 is 0 Å². The van der Waals surface area contributed by atoms with Crippen molar-refractivity contribution < 1.29 is 23.1 Å². The van der Waals surface area contributed by atoms with Gasteiger partial charge in [-0.2, -0.15) is 4.98 Å². The molecule has 0 amide bonds. The number of hydrogen-bond acceptors (Lipinski definition) is 8. The highest BCUT2D eigenvalue weighted by molar-refractivity contribution is 7.90. The molecule has 136 valence electrons. The Morgan fingerprint density at radius 2 is 1.96 bits per heavy atom. The zero-order valence-electron chi connectivity index (χ0n) is 14.4. The van der Waals surface area contributed by atoms with E-state index in [0.717, 1.165) is 6.26 Å². The molecule has 9 nitrogen and oxygen atoms in total. The first kappa shape index (κ1) is 19.2. The SMILES string of the molecule is CCOCC[NH+](OC)c1cccc(-c2cc(N)nc(S(C)(=O)=O)n2)n1. The first-order valence-corrected chi connectivity index (χ1v) is 9.54. The minimum absolute atomic E-state index is 0.0601. The number of nitrogen functional groups attached to an aromatic ring is 1. The van der Waals surface area contributed by atoms with E-state index in [1.165, 1.54) is 6.07 Å². The molecule has 0 saturated carbocycles. The predicted octanol–water partition coefficient (Wildman–Crippen LogP) is -0.361. The second kappa shape index (κ2) is 8.30. The standard InChI is InChI=1S/C15H21N5O4S/c1-4-24-9-8-20(23-2)14-7-5-6-11(17-14)12-10-13(16)19-15(18-12)25(3,21)22/h5-7,10H,4,8-9H2,1-3H3,(H2,16,18,19)/p+1. The molecule has 2 rings (SSSR count). The summed E-state index contributed by atoms with van der Waals surface area (Å²) in [6.45, 7) is 3.63. The van der Waals surface area contributed by atoms with Gasteiger partial charge in [0.1, 0.15) is 12.4 Å². The van der Waals surface area contributed by atoms with Gasteiger partial charge in [0, 0.05) is 25.0 Å². The van der Waals surface area contributed by atoms with Crippen LogP contribution in [0.4, 0.5) is 11.6 Å². The summed E-state index contributed by atoms with van der Waals surface area (Å²) in [5.74, 6) is 0.683. The number of aromatic nitrogens is 3. The molecule has 2 heterocycles. The summed E-state index contributed by atoms with van der Waals surface area (Å²) >= 11 is 0. The van der Waals surface area contributed by atoms with Crippen LogP contribution in [-0.2, 0) is 19.4 Å². The third kappa shape index (κ3) is 5.16. The van der Waals surface area contributed by atoms with E-state index >= 15 is 0 Å². The Kier molecular flexibility index (Phi) is 6.37. The maximum absolute atomic E-state index is 11.7. The van der Waals surface area contributed by atoms with Crippen LogP contribution in [-0.4, -0.2) is 56.5 Å². The molecule has 0 aliphatic heterocycles. The van der Waals surface area contributed by atoms with Crippen molar-refractivity contribution in [2.24, 2.45) is 0 Å². The molecule has 2 aromatic rings. The highest BCUT2D eigenvalue weighted by Gasteiger charge is 2.18. The van der Waals surface area contributed by atoms with Crippen molar-refractivity contribution in [1.29, 1.82) is 0 Å². The van der Waals surface area contributed by atoms with E-state index in [4.69, 9.17) is 15.3 Å². The predicted molar refractivity (Wildman–Crippen MR) is 91.8 cm³/mol. The number of hydrogen-bond donors (Lipinski definition) is 2. The second-order valence-electron chi connectivity index (χ2n) is 5.22. The molecule has 0 bridgehead atoms. The Morgan fingerprint density at radius 3 is 2.60 bits per heavy atom. The molecular formula is C15H22N5O4S+. The Labute approximate surface area is 146 Å². The molecule has 0 fully saturated rings. The maximum Gasteiger partial charge on any atom is 0.259 e. The summed E-state index contributed by atoms with van der Waals surface area (Å²) < 4.78 is 28.7. The van der Waals surface area contributed by atoms with Gasteiger partial charge in [-0.05, 0) is 13.0 Å². The molecule has 0 aliphatic carbocycles. The van der Waals surface area contributed by atoms with Crippen LogP contribution in [0.3, 0.4) is 0 Å². The van der Waals surface area contributed by atoms with Gasteiger partial charge in [0.05, 0.1) is 25.1 Å². The topological polar surface area (TPSA) is 122 Å². The molecule has 0 spiro atoms. The van der Waals surface area contributed by atoms with Gasteiger partial charge in [-0.15, -0.1) is 5.06 Å². The van der Waals surface area contributed by atoms with E-state index in [2.05, 4.69) is 15.0 Å². The zero-order chi connectivity index (χ0) is 18.4. The Hall–Kier alpha value is -2.14. The number of ether oxygens (including phenoxy) is 1. The number of sulfone groups is 1. The fourth-order valence-corrected chi connectivity index (χ4v) is 2.65. The number of nitrogens with zero attached hydrogens (tertiary/aromatic N) is 3. The van der Waals surface area contributed by atoms with Crippen molar-refractivity contribution in [2.45, 2.75) is 12.1 Å². The molecule has 0 aliphatic rings. The summed E-state index contributed by atoms with van der Waals surface area (Å²) in [6.07, 6.45) is 1.03. The molecular weight excluding hydrogens is 346 g/mol. The van der Waals surface area contributed by atoms with E-state index in [-0.39, 0.29) is 11.0 Å². The van der Waals surface area contributed by atoms with Gasteiger partial charge in [0.25, 0.3) is 5.82 Å². The van der Waals surface area contributed by atoms with Crippen molar-refractivity contribution in [3.63, 3.8) is 0 Å². The molecule has 25 heavy (non-hydrogen) atoms. The first-order chi connectivity index (χ1) is 11.8. The fraction of sp³-hybridized carbons (Fsp3) is 0.400. The monoisotopic (exact) mass is 368 g/mol. The van der Waals surface area contributed by atoms with E-state index in [0.29, 0.717) is 42.0 Å². The van der Waals surface area contributed by atoms with E-state index in [1.54, 1.807) is 25.3 Å². The van der Waals surface area contributed by atoms with Crippen LogP contribution < -0.4 is 10.8 Å². The van der Waals surface area contributed by atoms with E-state index < -0.39 is 9.84 Å². The van der Waals surface area contributed by atoms with Crippen LogP contribution in [0.5, 0.6) is 0 Å². The van der Waals surface area contributed by atoms with Crippen LogP contribution in [0, 0.1) is 0 Å². The lowest BCUT2D eigenvalue weighted by Gasteiger charge is -2.14. The maximum atomic E-state index is 11.7. The summed E-state index contributed by atoms with van der Waals surface area (Å²) in [7, 11) is -2.01. The second-order valence-corrected chi connectivity index (χ2v) is 7.12. The molecule has 1 atom stereocenters. The normalized spacial score (nSPS) is 12.9. The minimum atomic E-state index is -3.58. The van der Waals surface area contributed by atoms with Gasteiger partial charge < -0.3 is 10.5 Å². The quantitative estimate of drug-likeness (QED) is 0.368. The molecule has 0 radical (unpaired) electrons. The van der Waals surface area contributed by atoms with Crippen molar-refractivity contribution in [3.8, 4) is 11.4 Å². The summed E-state index contributed by atoms with van der Waals surface area (Å²) in [5.41, 5.74) is 6.51. The highest BCUT2D eigenvalue weighted by atomic mass is 32.2. The van der Waals surface area contributed by atoms with E-state index in [9.17, 15) is 8.42 Å². The van der Waals surface area contributed by atoms with Gasteiger partial charge in [-0.25, -0.2) is 23.2 Å². The largest absolute Gasteiger partial charge is 0.384 e. The molecule has 0 saturated heterocycles. The van der Waals surface area contributed by atoms with Gasteiger partial charge in [-0.3, -0.25) is 0 Å². The zero-order valence-corrected chi connectivity index (χ0v) is 15.2. The lowest BCUT2D eigenvalue weighted by atomic mass is 10.2. The van der Waals surface area contributed by atoms with Gasteiger partial charge in [-0.1, -0.05) is 6.07 Å². The highest BCUT2D eigenvalue weighted by Crippen LogP contribution is 2.19. The summed E-state index contributed by atoms with van der Waals surface area (Å²) in [4.78, 5) is 17.7. The number of anilines is 1. The number of pyridine rings is 1. The smallest absolute Gasteiger partial charge is 0.259 e. The number of hydroxylamine groups is 1. The third-order valence-corrected chi connectivity index (χ3v) is 4.12. The van der Waals surface area contributed by atoms with Crippen molar-refractivity contribution in [1.82, 2.24) is 15.0 Å². The Morgan fingerprint density at radius 1 is 1.20 bits per heavy atom. The lowest BCUT2D eigenvalue weighted by Crippen LogP contribution is -3.06. The van der Waals surface area contributed by atoms with Crippen LogP contribution in [0.15, 0.2) is 29.4 Å². The lowest BCUT2D eigenvalue weighted by molar-refractivity contribution is -1.04. The van der Waals surface area contributed by atoms with Crippen LogP contribution >= 0.6 is 0 Å². The molecule has 1 unspecified atom stereocenters. The number of nitrogens with two attached hydrogens (primary N) is 1. The first-order valence-electron chi connectivity index (χ1n) is 7.65.